The van der Waals surface area contributed by atoms with Crippen molar-refractivity contribution in [1.29, 1.82) is 0 Å². The van der Waals surface area contributed by atoms with E-state index in [1.54, 1.807) is 0 Å². The summed E-state index contributed by atoms with van der Waals surface area (Å²) in [6, 6.07) is 0.355. The largest absolute Gasteiger partial charge is 0.355 e. The Morgan fingerprint density at radius 1 is 1.23 bits per heavy atom. The molecule has 1 unspecified atom stereocenters. The normalized spacial score (nSPS) is 24.6. The Morgan fingerprint density at radius 3 is 2.70 bits per heavy atom. The second kappa shape index (κ2) is 11.4. The monoisotopic (exact) mass is 547 g/mol. The van der Waals surface area contributed by atoms with E-state index in [0.717, 1.165) is 50.0 Å². The number of nitrogens with zero attached hydrogens (tertiary/aromatic N) is 5. The summed E-state index contributed by atoms with van der Waals surface area (Å²) in [6.07, 6.45) is 9.69. The number of hydrogen-bond acceptors (Lipinski definition) is 5. The fourth-order valence-corrected chi connectivity index (χ4v) is 6.02. The topological polar surface area (TPSA) is 70.4 Å². The van der Waals surface area contributed by atoms with Gasteiger partial charge in [0.15, 0.2) is 11.8 Å². The number of fused-ring (bicyclic) bond motifs is 1. The molecule has 3 heterocycles. The Morgan fingerprint density at radius 2 is 2.00 bits per heavy atom. The fraction of sp³-hybridized carbons (Fsp3) is 0.857. The molecule has 1 aromatic rings. The van der Waals surface area contributed by atoms with E-state index in [1.807, 2.05) is 7.05 Å². The van der Waals surface area contributed by atoms with Crippen LogP contribution in [0.2, 0.25) is 0 Å². The second-order valence-corrected chi connectivity index (χ2v) is 9.89. The third kappa shape index (κ3) is 5.62. The molecule has 0 spiro atoms. The van der Waals surface area contributed by atoms with Crippen molar-refractivity contribution in [3.63, 3.8) is 0 Å². The van der Waals surface area contributed by atoms with Crippen LogP contribution in [-0.4, -0.2) is 75.4 Å². The van der Waals surface area contributed by atoms with Crippen molar-refractivity contribution in [2.24, 2.45) is 4.99 Å². The van der Waals surface area contributed by atoms with Crippen LogP contribution in [0.4, 0.5) is 0 Å². The summed E-state index contributed by atoms with van der Waals surface area (Å²) in [6.45, 7) is 6.45. The summed E-state index contributed by atoms with van der Waals surface area (Å²) < 4.78 is 2.08. The van der Waals surface area contributed by atoms with E-state index >= 15 is 0 Å². The maximum absolute atomic E-state index is 4.64. The Kier molecular flexibility index (Phi) is 9.12. The molecule has 2 aliphatic heterocycles. The minimum atomic E-state index is 0. The van der Waals surface area contributed by atoms with Crippen molar-refractivity contribution < 1.29 is 0 Å². The standard InChI is InChI=1S/C21H37N7S.HI/c1-3-18-25-19-8-7-17(15-28(19)26-18)24-20(22-2)23-16-21(9-5-4-6-10-21)27-11-13-29-14-12-27;/h17H,3-16H2,1-2H3,(H2,22,23,24);1H. The average Bonchev–Trinajstić information content (AvgIpc) is 3.20. The highest BCUT2D eigenvalue weighted by Crippen LogP contribution is 2.34. The molecule has 2 fully saturated rings. The maximum atomic E-state index is 4.64. The summed E-state index contributed by atoms with van der Waals surface area (Å²) >= 11 is 2.10. The molecule has 0 amide bonds. The first kappa shape index (κ1) is 24.1. The van der Waals surface area contributed by atoms with Gasteiger partial charge < -0.3 is 10.6 Å². The molecule has 1 aliphatic carbocycles. The van der Waals surface area contributed by atoms with Crippen LogP contribution in [0.25, 0.3) is 0 Å². The lowest BCUT2D eigenvalue weighted by molar-refractivity contribution is 0.0625. The number of hydrogen-bond donors (Lipinski definition) is 2. The quantitative estimate of drug-likeness (QED) is 0.336. The Labute approximate surface area is 202 Å². The van der Waals surface area contributed by atoms with Gasteiger partial charge in [-0.2, -0.15) is 16.9 Å². The molecule has 1 aromatic heterocycles. The third-order valence-corrected chi connectivity index (χ3v) is 7.78. The molecule has 0 aromatic carbocycles. The lowest BCUT2D eigenvalue weighted by atomic mass is 9.80. The van der Waals surface area contributed by atoms with E-state index in [4.69, 9.17) is 0 Å². The van der Waals surface area contributed by atoms with Crippen LogP contribution in [0.3, 0.4) is 0 Å². The summed E-state index contributed by atoms with van der Waals surface area (Å²) in [7, 11) is 1.89. The van der Waals surface area contributed by atoms with Crippen LogP contribution in [-0.2, 0) is 19.4 Å². The zero-order valence-corrected chi connectivity index (χ0v) is 21.7. The van der Waals surface area contributed by atoms with Gasteiger partial charge >= 0.3 is 0 Å². The summed E-state index contributed by atoms with van der Waals surface area (Å²) in [4.78, 5) is 12.0. The third-order valence-electron chi connectivity index (χ3n) is 6.83. The molecular formula is C21H38IN7S. The molecule has 7 nitrogen and oxygen atoms in total. The average molecular weight is 548 g/mol. The number of guanidine groups is 1. The number of thioether (sulfide) groups is 1. The van der Waals surface area contributed by atoms with Gasteiger partial charge in [-0.15, -0.1) is 24.0 Å². The Hall–Kier alpha value is -0.550. The molecule has 2 N–H and O–H groups in total. The molecule has 0 radical (unpaired) electrons. The lowest BCUT2D eigenvalue weighted by Gasteiger charge is -2.48. The molecule has 9 heteroatoms. The fourth-order valence-electron chi connectivity index (χ4n) is 5.12. The van der Waals surface area contributed by atoms with E-state index in [-0.39, 0.29) is 24.0 Å². The highest BCUT2D eigenvalue weighted by atomic mass is 127. The summed E-state index contributed by atoms with van der Waals surface area (Å²) in [5.74, 6) is 5.58. The van der Waals surface area contributed by atoms with Gasteiger partial charge in [0, 0.05) is 62.6 Å². The molecule has 4 rings (SSSR count). The van der Waals surface area contributed by atoms with E-state index < -0.39 is 0 Å². The first-order valence-electron chi connectivity index (χ1n) is 11.4. The number of rotatable bonds is 5. The number of aryl methyl sites for hydroxylation is 2. The lowest BCUT2D eigenvalue weighted by Crippen LogP contribution is -2.60. The van der Waals surface area contributed by atoms with Crippen molar-refractivity contribution in [1.82, 2.24) is 30.3 Å². The van der Waals surface area contributed by atoms with E-state index in [2.05, 4.69) is 54.0 Å². The number of halogens is 1. The maximum Gasteiger partial charge on any atom is 0.191 e. The molecule has 0 bridgehead atoms. The first-order valence-corrected chi connectivity index (χ1v) is 12.6. The van der Waals surface area contributed by atoms with Crippen molar-refractivity contribution in [3.05, 3.63) is 11.6 Å². The molecule has 30 heavy (non-hydrogen) atoms. The van der Waals surface area contributed by atoms with Crippen LogP contribution in [0.1, 0.15) is 57.1 Å². The molecule has 3 aliphatic rings. The molecule has 1 atom stereocenters. The highest BCUT2D eigenvalue weighted by molar-refractivity contribution is 14.0. The number of nitrogens with one attached hydrogen (secondary N) is 2. The van der Waals surface area contributed by atoms with Gasteiger partial charge in [0.25, 0.3) is 0 Å². The zero-order chi connectivity index (χ0) is 20.1. The van der Waals surface area contributed by atoms with Crippen LogP contribution >= 0.6 is 35.7 Å². The van der Waals surface area contributed by atoms with Gasteiger partial charge in [-0.1, -0.05) is 26.2 Å². The predicted molar refractivity (Wildman–Crippen MR) is 136 cm³/mol. The minimum absolute atomic E-state index is 0. The summed E-state index contributed by atoms with van der Waals surface area (Å²) in [5, 5.41) is 12.0. The number of aliphatic imine (C=N–C) groups is 1. The van der Waals surface area contributed by atoms with Gasteiger partial charge in [-0.3, -0.25) is 9.89 Å². The Balaban J connectivity index is 0.00000256. The smallest absolute Gasteiger partial charge is 0.191 e. The van der Waals surface area contributed by atoms with Gasteiger partial charge in [0.1, 0.15) is 5.82 Å². The molecule has 1 saturated heterocycles. The SMILES string of the molecule is CCc1nc2n(n1)CC(NC(=NC)NCC1(N3CCSCC3)CCCCC1)CC2.I. The Bertz CT molecular complexity index is 696. The van der Waals surface area contributed by atoms with Crippen LogP contribution in [0.15, 0.2) is 4.99 Å². The van der Waals surface area contributed by atoms with Crippen LogP contribution in [0, 0.1) is 0 Å². The molecule has 170 valence electrons. The molecule has 1 saturated carbocycles. The van der Waals surface area contributed by atoms with Gasteiger partial charge in [-0.05, 0) is 19.3 Å². The van der Waals surface area contributed by atoms with Gasteiger partial charge in [0.2, 0.25) is 0 Å². The number of aromatic nitrogens is 3. The van der Waals surface area contributed by atoms with Crippen molar-refractivity contribution in [2.75, 3.05) is 38.2 Å². The molecular weight excluding hydrogens is 509 g/mol. The van der Waals surface area contributed by atoms with Gasteiger partial charge in [-0.25, -0.2) is 9.67 Å². The van der Waals surface area contributed by atoms with Crippen LogP contribution < -0.4 is 10.6 Å². The van der Waals surface area contributed by atoms with Crippen molar-refractivity contribution in [2.45, 2.75) is 76.4 Å². The zero-order valence-electron chi connectivity index (χ0n) is 18.5. The predicted octanol–water partition coefficient (Wildman–Crippen LogP) is 2.69. The highest BCUT2D eigenvalue weighted by Gasteiger charge is 2.38. The van der Waals surface area contributed by atoms with E-state index in [9.17, 15) is 0 Å². The van der Waals surface area contributed by atoms with Gasteiger partial charge in [0.05, 0.1) is 6.54 Å². The van der Waals surface area contributed by atoms with Crippen LogP contribution in [0.5, 0.6) is 0 Å². The minimum Gasteiger partial charge on any atom is -0.355 e. The summed E-state index contributed by atoms with van der Waals surface area (Å²) in [5.41, 5.74) is 0.304. The first-order chi connectivity index (χ1) is 14.2. The van der Waals surface area contributed by atoms with Crippen molar-refractivity contribution >= 4 is 41.7 Å². The van der Waals surface area contributed by atoms with Crippen molar-refractivity contribution in [3.8, 4) is 0 Å². The van der Waals surface area contributed by atoms with E-state index in [0.29, 0.717) is 11.6 Å². The van der Waals surface area contributed by atoms with E-state index in [1.165, 1.54) is 56.7 Å². The second-order valence-electron chi connectivity index (χ2n) is 8.67.